The Kier molecular flexibility index (Phi) is 5.42. The van der Waals surface area contributed by atoms with Crippen LogP contribution in [0.25, 0.3) is 0 Å². The van der Waals surface area contributed by atoms with E-state index in [9.17, 15) is 4.79 Å². The van der Waals surface area contributed by atoms with Crippen LogP contribution in [0.2, 0.25) is 10.2 Å². The molecule has 4 nitrogen and oxygen atoms in total. The van der Waals surface area contributed by atoms with E-state index in [1.165, 1.54) is 0 Å². The lowest BCUT2D eigenvalue weighted by molar-refractivity contribution is 0.0773. The number of carbonyl (C=O) groups is 1. The predicted molar refractivity (Wildman–Crippen MR) is 83.2 cm³/mol. The van der Waals surface area contributed by atoms with Crippen LogP contribution in [0.5, 0.6) is 5.75 Å². The van der Waals surface area contributed by atoms with Crippen molar-refractivity contribution in [2.75, 3.05) is 20.2 Å². The van der Waals surface area contributed by atoms with Gasteiger partial charge in [0.25, 0.3) is 5.91 Å². The topological polar surface area (TPSA) is 42.4 Å². The number of aromatic nitrogens is 1. The van der Waals surface area contributed by atoms with Crippen LogP contribution >= 0.6 is 23.2 Å². The summed E-state index contributed by atoms with van der Waals surface area (Å²) in [6, 6.07) is 10.4. The van der Waals surface area contributed by atoms with Gasteiger partial charge in [0.15, 0.2) is 0 Å². The zero-order valence-corrected chi connectivity index (χ0v) is 12.9. The highest BCUT2D eigenvalue weighted by Crippen LogP contribution is 2.16. The molecule has 1 aromatic carbocycles. The third-order valence-electron chi connectivity index (χ3n) is 2.85. The Morgan fingerprint density at radius 2 is 1.95 bits per heavy atom. The molecule has 0 aliphatic heterocycles. The molecule has 0 aliphatic rings. The Labute approximate surface area is 133 Å². The summed E-state index contributed by atoms with van der Waals surface area (Å²) in [6.45, 7) is 0.814. The number of nitrogens with zero attached hydrogens (tertiary/aromatic N) is 2. The van der Waals surface area contributed by atoms with E-state index in [1.807, 2.05) is 0 Å². The number of amides is 1. The molecule has 0 spiro atoms. The highest BCUT2D eigenvalue weighted by atomic mass is 35.5. The van der Waals surface area contributed by atoms with Crippen molar-refractivity contribution in [2.45, 2.75) is 0 Å². The SMILES string of the molecule is CN(CCOc1ccc(Cl)cc1)C(=O)c1cccnc1Cl. The zero-order valence-electron chi connectivity index (χ0n) is 11.4. The summed E-state index contributed by atoms with van der Waals surface area (Å²) in [4.78, 5) is 17.6. The molecule has 0 saturated heterocycles. The molecule has 21 heavy (non-hydrogen) atoms. The summed E-state index contributed by atoms with van der Waals surface area (Å²) < 4.78 is 5.55. The molecule has 0 aliphatic carbocycles. The van der Waals surface area contributed by atoms with Crippen molar-refractivity contribution in [3.63, 3.8) is 0 Å². The van der Waals surface area contributed by atoms with Crippen LogP contribution in [0.15, 0.2) is 42.6 Å². The molecule has 0 saturated carbocycles. The molecule has 110 valence electrons. The quantitative estimate of drug-likeness (QED) is 0.790. The third-order valence-corrected chi connectivity index (χ3v) is 3.40. The smallest absolute Gasteiger partial charge is 0.256 e. The largest absolute Gasteiger partial charge is 0.492 e. The van der Waals surface area contributed by atoms with Crippen LogP contribution in [0.4, 0.5) is 0 Å². The summed E-state index contributed by atoms with van der Waals surface area (Å²) in [6.07, 6.45) is 1.54. The number of hydrogen-bond donors (Lipinski definition) is 0. The minimum atomic E-state index is -0.187. The van der Waals surface area contributed by atoms with Gasteiger partial charge in [-0.05, 0) is 36.4 Å². The van der Waals surface area contributed by atoms with Gasteiger partial charge in [-0.2, -0.15) is 0 Å². The molecule has 1 amide bonds. The summed E-state index contributed by atoms with van der Waals surface area (Å²) >= 11 is 11.7. The van der Waals surface area contributed by atoms with E-state index < -0.39 is 0 Å². The molecule has 0 bridgehead atoms. The van der Waals surface area contributed by atoms with E-state index in [0.29, 0.717) is 29.5 Å². The van der Waals surface area contributed by atoms with Gasteiger partial charge >= 0.3 is 0 Å². The first-order valence-electron chi connectivity index (χ1n) is 6.32. The molecular weight excluding hydrogens is 311 g/mol. The molecule has 0 fully saturated rings. The standard InChI is InChI=1S/C15H14Cl2N2O2/c1-19(15(20)13-3-2-8-18-14(13)17)9-10-21-12-6-4-11(16)5-7-12/h2-8H,9-10H2,1H3. The van der Waals surface area contributed by atoms with Crippen LogP contribution in [0, 0.1) is 0 Å². The fourth-order valence-electron chi connectivity index (χ4n) is 1.68. The second-order valence-electron chi connectivity index (χ2n) is 4.37. The number of rotatable bonds is 5. The van der Waals surface area contributed by atoms with E-state index in [-0.39, 0.29) is 11.1 Å². The molecule has 6 heteroatoms. The molecule has 2 rings (SSSR count). The number of carbonyl (C=O) groups excluding carboxylic acids is 1. The number of halogens is 2. The van der Waals surface area contributed by atoms with Gasteiger partial charge in [-0.3, -0.25) is 4.79 Å². The maximum absolute atomic E-state index is 12.2. The van der Waals surface area contributed by atoms with Gasteiger partial charge in [0, 0.05) is 18.3 Å². The molecule has 0 unspecified atom stereocenters. The molecule has 1 heterocycles. The van der Waals surface area contributed by atoms with E-state index in [2.05, 4.69) is 4.98 Å². The zero-order chi connectivity index (χ0) is 15.2. The summed E-state index contributed by atoms with van der Waals surface area (Å²) in [5, 5.41) is 0.855. The first-order chi connectivity index (χ1) is 10.1. The molecule has 0 atom stereocenters. The van der Waals surface area contributed by atoms with Crippen LogP contribution in [-0.4, -0.2) is 36.0 Å². The Bertz CT molecular complexity index is 617. The van der Waals surface area contributed by atoms with Crippen molar-refractivity contribution in [3.05, 3.63) is 58.3 Å². The average Bonchev–Trinajstić information content (AvgIpc) is 2.49. The van der Waals surface area contributed by atoms with Crippen LogP contribution in [-0.2, 0) is 0 Å². The summed E-state index contributed by atoms with van der Waals surface area (Å²) in [5.41, 5.74) is 0.383. The van der Waals surface area contributed by atoms with Crippen molar-refractivity contribution < 1.29 is 9.53 Å². The van der Waals surface area contributed by atoms with E-state index >= 15 is 0 Å². The van der Waals surface area contributed by atoms with Gasteiger partial charge in [0.2, 0.25) is 0 Å². The van der Waals surface area contributed by atoms with Gasteiger partial charge in [-0.25, -0.2) is 4.98 Å². The van der Waals surface area contributed by atoms with Crippen molar-refractivity contribution in [3.8, 4) is 5.75 Å². The summed E-state index contributed by atoms with van der Waals surface area (Å²) in [7, 11) is 1.69. The highest BCUT2D eigenvalue weighted by molar-refractivity contribution is 6.32. The number of pyridine rings is 1. The number of likely N-dealkylation sites (N-methyl/N-ethyl adjacent to an activating group) is 1. The predicted octanol–water partition coefficient (Wildman–Crippen LogP) is 3.54. The molecular formula is C15H14Cl2N2O2. The van der Waals surface area contributed by atoms with Gasteiger partial charge in [0.1, 0.15) is 17.5 Å². The van der Waals surface area contributed by atoms with Crippen molar-refractivity contribution in [1.82, 2.24) is 9.88 Å². The second-order valence-corrected chi connectivity index (χ2v) is 5.17. The fraction of sp³-hybridized carbons (Fsp3) is 0.200. The molecule has 2 aromatic rings. The molecule has 1 aromatic heterocycles. The second kappa shape index (κ2) is 7.29. The van der Waals surface area contributed by atoms with E-state index in [0.717, 1.165) is 0 Å². The van der Waals surface area contributed by atoms with E-state index in [4.69, 9.17) is 27.9 Å². The Balaban J connectivity index is 1.87. The van der Waals surface area contributed by atoms with Crippen molar-refractivity contribution in [1.29, 1.82) is 0 Å². The van der Waals surface area contributed by atoms with Crippen LogP contribution in [0.1, 0.15) is 10.4 Å². The maximum atomic E-state index is 12.2. The number of hydrogen-bond acceptors (Lipinski definition) is 3. The normalized spacial score (nSPS) is 10.2. The summed E-state index contributed by atoms with van der Waals surface area (Å²) in [5.74, 6) is 0.521. The Morgan fingerprint density at radius 3 is 2.62 bits per heavy atom. The molecule has 0 radical (unpaired) electrons. The lowest BCUT2D eigenvalue weighted by Gasteiger charge is -2.17. The lowest BCUT2D eigenvalue weighted by atomic mass is 10.2. The molecule has 0 N–H and O–H groups in total. The van der Waals surface area contributed by atoms with Crippen molar-refractivity contribution >= 4 is 29.1 Å². The first-order valence-corrected chi connectivity index (χ1v) is 7.08. The average molecular weight is 325 g/mol. The van der Waals surface area contributed by atoms with Crippen LogP contribution in [0.3, 0.4) is 0 Å². The van der Waals surface area contributed by atoms with Gasteiger partial charge in [-0.15, -0.1) is 0 Å². The number of ether oxygens (including phenoxy) is 1. The minimum absolute atomic E-state index is 0.187. The van der Waals surface area contributed by atoms with Crippen LogP contribution < -0.4 is 4.74 Å². The van der Waals surface area contributed by atoms with Gasteiger partial charge < -0.3 is 9.64 Å². The first kappa shape index (κ1) is 15.6. The lowest BCUT2D eigenvalue weighted by Crippen LogP contribution is -2.31. The third kappa shape index (κ3) is 4.34. The van der Waals surface area contributed by atoms with E-state index in [1.54, 1.807) is 54.5 Å². The number of benzene rings is 1. The van der Waals surface area contributed by atoms with Gasteiger partial charge in [-0.1, -0.05) is 23.2 Å². The minimum Gasteiger partial charge on any atom is -0.492 e. The van der Waals surface area contributed by atoms with Gasteiger partial charge in [0.05, 0.1) is 12.1 Å². The maximum Gasteiger partial charge on any atom is 0.256 e. The fourth-order valence-corrected chi connectivity index (χ4v) is 2.01. The van der Waals surface area contributed by atoms with Crippen molar-refractivity contribution in [2.24, 2.45) is 0 Å². The Morgan fingerprint density at radius 1 is 1.24 bits per heavy atom. The monoisotopic (exact) mass is 324 g/mol. The highest BCUT2D eigenvalue weighted by Gasteiger charge is 2.15. The Hall–Kier alpha value is -1.78.